The van der Waals surface area contributed by atoms with E-state index in [2.05, 4.69) is 5.32 Å². The van der Waals surface area contributed by atoms with Gasteiger partial charge in [0.05, 0.1) is 0 Å². The Morgan fingerprint density at radius 2 is 1.79 bits per heavy atom. The van der Waals surface area contributed by atoms with Crippen LogP contribution in [0.2, 0.25) is 0 Å². The van der Waals surface area contributed by atoms with E-state index >= 15 is 0 Å². The second kappa shape index (κ2) is 3.48. The number of para-hydroxylation sites is 2. The van der Waals surface area contributed by atoms with Crippen molar-refractivity contribution in [1.29, 1.82) is 0 Å². The van der Waals surface area contributed by atoms with Crippen LogP contribution in [0.4, 0.5) is 5.69 Å². The van der Waals surface area contributed by atoms with Crippen LogP contribution < -0.4 is 10.1 Å². The van der Waals surface area contributed by atoms with Gasteiger partial charge in [-0.05, 0) is 18.2 Å². The number of fused-ring (bicyclic) bond motifs is 3. The Morgan fingerprint density at radius 1 is 1.00 bits per heavy atom. The molecule has 2 aliphatic rings. The summed E-state index contributed by atoms with van der Waals surface area (Å²) in [5, 5.41) is 2.87. The van der Waals surface area contributed by atoms with Crippen LogP contribution in [0.25, 0.3) is 6.08 Å². The second-order valence-electron chi connectivity index (χ2n) is 4.71. The highest BCUT2D eigenvalue weighted by molar-refractivity contribution is 6.07. The fourth-order valence-corrected chi connectivity index (χ4v) is 2.65. The molecule has 0 aromatic heterocycles. The molecule has 0 saturated carbocycles. The molecule has 2 heterocycles. The molecule has 3 heteroatoms. The van der Waals surface area contributed by atoms with Crippen LogP contribution in [-0.2, 0) is 10.4 Å². The normalized spacial score (nSPS) is 22.6. The highest BCUT2D eigenvalue weighted by atomic mass is 16.5. The van der Waals surface area contributed by atoms with E-state index in [0.29, 0.717) is 0 Å². The van der Waals surface area contributed by atoms with Crippen LogP contribution in [0.15, 0.2) is 54.6 Å². The molecule has 0 radical (unpaired) electrons. The quantitative estimate of drug-likeness (QED) is 0.779. The average Bonchev–Trinajstić information content (AvgIpc) is 2.72. The molecule has 2 aromatic rings. The minimum Gasteiger partial charge on any atom is -0.468 e. The van der Waals surface area contributed by atoms with Gasteiger partial charge in [-0.25, -0.2) is 0 Å². The van der Waals surface area contributed by atoms with E-state index in [-0.39, 0.29) is 5.91 Å². The predicted octanol–water partition coefficient (Wildman–Crippen LogP) is 2.94. The topological polar surface area (TPSA) is 38.3 Å². The third-order valence-corrected chi connectivity index (χ3v) is 3.60. The third kappa shape index (κ3) is 1.30. The molecule has 1 spiro atoms. The van der Waals surface area contributed by atoms with Crippen molar-refractivity contribution >= 4 is 17.7 Å². The van der Waals surface area contributed by atoms with Crippen LogP contribution in [0, 0.1) is 0 Å². The van der Waals surface area contributed by atoms with Crippen molar-refractivity contribution in [3.63, 3.8) is 0 Å². The highest BCUT2D eigenvalue weighted by Crippen LogP contribution is 2.44. The summed E-state index contributed by atoms with van der Waals surface area (Å²) >= 11 is 0. The summed E-state index contributed by atoms with van der Waals surface area (Å²) in [7, 11) is 0. The molecular weight excluding hydrogens is 238 g/mol. The van der Waals surface area contributed by atoms with E-state index in [1.54, 1.807) is 0 Å². The number of carbonyl (C=O) groups is 1. The summed E-state index contributed by atoms with van der Waals surface area (Å²) in [5.74, 6) is 0.594. The number of carbonyl (C=O) groups excluding carboxylic acids is 1. The number of anilines is 1. The number of rotatable bonds is 0. The summed E-state index contributed by atoms with van der Waals surface area (Å²) in [6, 6.07) is 15.3. The first kappa shape index (κ1) is 10.4. The first-order valence-electron chi connectivity index (χ1n) is 6.18. The standard InChI is InChI=1S/C16H11NO2/c18-15-16(12-6-2-3-7-13(12)17-15)10-9-11-5-1-4-8-14(11)19-16/h1-10H,(H,17,18). The molecule has 0 fully saturated rings. The minimum absolute atomic E-state index is 0.139. The lowest BCUT2D eigenvalue weighted by Crippen LogP contribution is -2.39. The Bertz CT molecular complexity index is 720. The number of amides is 1. The molecule has 1 atom stereocenters. The molecule has 92 valence electrons. The maximum atomic E-state index is 12.3. The average molecular weight is 249 g/mol. The van der Waals surface area contributed by atoms with Gasteiger partial charge in [0.1, 0.15) is 5.75 Å². The predicted molar refractivity (Wildman–Crippen MR) is 72.9 cm³/mol. The lowest BCUT2D eigenvalue weighted by atomic mass is 9.91. The molecule has 3 nitrogen and oxygen atoms in total. The van der Waals surface area contributed by atoms with Crippen molar-refractivity contribution < 1.29 is 9.53 Å². The van der Waals surface area contributed by atoms with Gasteiger partial charge in [-0.1, -0.05) is 42.5 Å². The SMILES string of the molecule is O=C1Nc2ccccc2C12C=Cc1ccccc1O2. The summed E-state index contributed by atoms with van der Waals surface area (Å²) < 4.78 is 6.02. The Hall–Kier alpha value is -2.55. The van der Waals surface area contributed by atoms with E-state index in [1.807, 2.05) is 60.7 Å². The van der Waals surface area contributed by atoms with Gasteiger partial charge in [0.25, 0.3) is 5.91 Å². The summed E-state index contributed by atoms with van der Waals surface area (Å²) in [6.07, 6.45) is 3.77. The van der Waals surface area contributed by atoms with Gasteiger partial charge < -0.3 is 10.1 Å². The summed E-state index contributed by atoms with van der Waals surface area (Å²) in [4.78, 5) is 12.3. The number of ether oxygens (including phenoxy) is 1. The van der Waals surface area contributed by atoms with Crippen molar-refractivity contribution in [3.8, 4) is 5.75 Å². The van der Waals surface area contributed by atoms with Gasteiger partial charge in [0.15, 0.2) is 0 Å². The zero-order valence-corrected chi connectivity index (χ0v) is 10.1. The van der Waals surface area contributed by atoms with Crippen LogP contribution in [-0.4, -0.2) is 5.91 Å². The van der Waals surface area contributed by atoms with Crippen LogP contribution in [0.5, 0.6) is 5.75 Å². The van der Waals surface area contributed by atoms with Gasteiger partial charge >= 0.3 is 0 Å². The monoisotopic (exact) mass is 249 g/mol. The second-order valence-corrected chi connectivity index (χ2v) is 4.71. The van der Waals surface area contributed by atoms with Gasteiger partial charge in [-0.15, -0.1) is 0 Å². The van der Waals surface area contributed by atoms with Crippen molar-refractivity contribution in [2.75, 3.05) is 5.32 Å². The van der Waals surface area contributed by atoms with Crippen LogP contribution in [0.1, 0.15) is 11.1 Å². The Labute approximate surface area is 110 Å². The maximum Gasteiger partial charge on any atom is 0.277 e. The maximum absolute atomic E-state index is 12.3. The van der Waals surface area contributed by atoms with Crippen molar-refractivity contribution in [2.24, 2.45) is 0 Å². The lowest BCUT2D eigenvalue weighted by molar-refractivity contribution is -0.127. The van der Waals surface area contributed by atoms with E-state index in [9.17, 15) is 4.79 Å². The molecule has 0 saturated heterocycles. The first-order valence-corrected chi connectivity index (χ1v) is 6.18. The van der Waals surface area contributed by atoms with E-state index in [1.165, 1.54) is 0 Å². The van der Waals surface area contributed by atoms with E-state index in [4.69, 9.17) is 4.74 Å². The molecule has 19 heavy (non-hydrogen) atoms. The van der Waals surface area contributed by atoms with Crippen LogP contribution in [0.3, 0.4) is 0 Å². The molecule has 4 rings (SSSR count). The Balaban J connectivity index is 1.92. The zero-order chi connectivity index (χ0) is 12.9. The molecule has 1 amide bonds. The van der Waals surface area contributed by atoms with Crippen molar-refractivity contribution in [2.45, 2.75) is 5.60 Å². The van der Waals surface area contributed by atoms with Gasteiger partial charge in [0, 0.05) is 16.8 Å². The molecule has 0 aliphatic carbocycles. The zero-order valence-electron chi connectivity index (χ0n) is 10.1. The van der Waals surface area contributed by atoms with Crippen molar-refractivity contribution in [3.05, 3.63) is 65.7 Å². The third-order valence-electron chi connectivity index (χ3n) is 3.60. The molecule has 1 unspecified atom stereocenters. The Kier molecular flexibility index (Phi) is 1.90. The van der Waals surface area contributed by atoms with Crippen molar-refractivity contribution in [1.82, 2.24) is 0 Å². The fraction of sp³-hybridized carbons (Fsp3) is 0.0625. The Morgan fingerprint density at radius 3 is 2.74 bits per heavy atom. The number of benzene rings is 2. The number of nitrogens with one attached hydrogen (secondary N) is 1. The first-order chi connectivity index (χ1) is 9.29. The molecule has 2 aromatic carbocycles. The fourth-order valence-electron chi connectivity index (χ4n) is 2.65. The summed E-state index contributed by atoms with van der Waals surface area (Å²) in [6.45, 7) is 0. The molecule has 2 aliphatic heterocycles. The highest BCUT2D eigenvalue weighted by Gasteiger charge is 2.48. The minimum atomic E-state index is -1.02. The molecule has 1 N–H and O–H groups in total. The molecule has 0 bridgehead atoms. The number of hydrogen-bond donors (Lipinski definition) is 1. The smallest absolute Gasteiger partial charge is 0.277 e. The van der Waals surface area contributed by atoms with Crippen LogP contribution >= 0.6 is 0 Å². The van der Waals surface area contributed by atoms with Gasteiger partial charge in [0.2, 0.25) is 5.60 Å². The van der Waals surface area contributed by atoms with Gasteiger partial charge in [-0.2, -0.15) is 0 Å². The summed E-state index contributed by atoms with van der Waals surface area (Å²) in [5.41, 5.74) is 1.65. The van der Waals surface area contributed by atoms with Gasteiger partial charge in [-0.3, -0.25) is 4.79 Å². The largest absolute Gasteiger partial charge is 0.468 e. The van der Waals surface area contributed by atoms with E-state index < -0.39 is 5.60 Å². The number of hydrogen-bond acceptors (Lipinski definition) is 2. The lowest BCUT2D eigenvalue weighted by Gasteiger charge is -2.29. The molecular formula is C16H11NO2. The van der Waals surface area contributed by atoms with E-state index in [0.717, 1.165) is 22.6 Å².